The van der Waals surface area contributed by atoms with Gasteiger partial charge in [0.1, 0.15) is 12.1 Å². The maximum Gasteiger partial charge on any atom is 0.232 e. The summed E-state index contributed by atoms with van der Waals surface area (Å²) in [6.07, 6.45) is 3.13. The summed E-state index contributed by atoms with van der Waals surface area (Å²) < 4.78 is 12.1. The van der Waals surface area contributed by atoms with Gasteiger partial charge in [-0.3, -0.25) is 4.79 Å². The first-order valence-corrected chi connectivity index (χ1v) is 11.1. The number of ether oxygens (including phenoxy) is 1. The summed E-state index contributed by atoms with van der Waals surface area (Å²) in [7, 11) is -1.85. The van der Waals surface area contributed by atoms with Crippen molar-refractivity contribution in [2.24, 2.45) is 5.92 Å². The molecule has 1 saturated heterocycles. The van der Waals surface area contributed by atoms with Crippen LogP contribution in [0.25, 0.3) is 0 Å². The van der Waals surface area contributed by atoms with E-state index in [9.17, 15) is 4.79 Å². The molecule has 0 spiro atoms. The average Bonchev–Trinajstić information content (AvgIpc) is 2.30. The van der Waals surface area contributed by atoms with Gasteiger partial charge in [0.05, 0.1) is 6.10 Å². The molecular formula is C16H33NO3Si. The van der Waals surface area contributed by atoms with Gasteiger partial charge in [0.25, 0.3) is 0 Å². The number of hydrogen-bond acceptors (Lipinski definition) is 3. The molecule has 0 aromatic heterocycles. The largest absolute Gasteiger partial charge is 0.413 e. The molecule has 1 fully saturated rings. The van der Waals surface area contributed by atoms with Gasteiger partial charge in [-0.25, -0.2) is 0 Å². The van der Waals surface area contributed by atoms with Crippen LogP contribution in [0.4, 0.5) is 0 Å². The lowest BCUT2D eigenvalue weighted by Gasteiger charge is -2.45. The van der Waals surface area contributed by atoms with Crippen molar-refractivity contribution in [3.63, 3.8) is 0 Å². The van der Waals surface area contributed by atoms with E-state index in [2.05, 4.69) is 46.1 Å². The molecule has 1 aliphatic heterocycles. The van der Waals surface area contributed by atoms with Crippen LogP contribution >= 0.6 is 0 Å². The lowest BCUT2D eigenvalue weighted by molar-refractivity contribution is -0.162. The summed E-state index contributed by atoms with van der Waals surface area (Å²) in [6, 6.07) is 0. The Morgan fingerprint density at radius 2 is 1.90 bits per heavy atom. The van der Waals surface area contributed by atoms with Crippen LogP contribution in [0.2, 0.25) is 18.1 Å². The van der Waals surface area contributed by atoms with Crippen molar-refractivity contribution in [3.05, 3.63) is 0 Å². The van der Waals surface area contributed by atoms with Crippen LogP contribution in [-0.4, -0.2) is 33.2 Å². The van der Waals surface area contributed by atoms with Crippen molar-refractivity contribution < 1.29 is 14.0 Å². The maximum atomic E-state index is 11.9. The van der Waals surface area contributed by atoms with Crippen LogP contribution in [0.5, 0.6) is 0 Å². The smallest absolute Gasteiger partial charge is 0.232 e. The Hall–Kier alpha value is -0.393. The van der Waals surface area contributed by atoms with Gasteiger partial charge in [0.2, 0.25) is 5.91 Å². The second-order valence-electron chi connectivity index (χ2n) is 7.62. The fourth-order valence-corrected chi connectivity index (χ4v) is 3.68. The third kappa shape index (κ3) is 4.79. The highest BCUT2D eigenvalue weighted by molar-refractivity contribution is 6.74. The van der Waals surface area contributed by atoms with Gasteiger partial charge in [-0.2, -0.15) is 0 Å². The van der Waals surface area contributed by atoms with Crippen molar-refractivity contribution in [1.82, 2.24) is 5.32 Å². The number of β-lactam (4-membered cyclic amide) rings is 1. The van der Waals surface area contributed by atoms with E-state index in [1.165, 1.54) is 12.8 Å². The summed E-state index contributed by atoms with van der Waals surface area (Å²) >= 11 is 0. The number of carbonyl (C=O) groups excluding carboxylic acids is 1. The van der Waals surface area contributed by atoms with E-state index in [0.717, 1.165) is 6.42 Å². The molecule has 0 aromatic rings. The molecule has 5 heteroatoms. The molecule has 3 atom stereocenters. The third-order valence-corrected chi connectivity index (χ3v) is 9.32. The number of rotatable bonds is 8. The van der Waals surface area contributed by atoms with Crippen molar-refractivity contribution in [1.29, 1.82) is 0 Å². The van der Waals surface area contributed by atoms with Gasteiger partial charge in [-0.1, -0.05) is 40.5 Å². The number of unbranched alkanes of at least 4 members (excludes halogenated alkanes) is 2. The molecule has 4 nitrogen and oxygen atoms in total. The zero-order valence-electron chi connectivity index (χ0n) is 14.8. The average molecular weight is 316 g/mol. The number of hydrogen-bond donors (Lipinski definition) is 1. The standard InChI is InChI=1S/C16H33NO3Si/c1-8-9-10-11-19-15-13(14(18)17-15)12(2)20-21(6,7)16(3,4)5/h12-13,15H,8-11H2,1-7H3,(H,17,18)/t12-,13+,15-/m1/s1. The lowest BCUT2D eigenvalue weighted by atomic mass is 9.93. The minimum Gasteiger partial charge on any atom is -0.413 e. The molecule has 0 aromatic carbocycles. The Bertz CT molecular complexity index is 352. The van der Waals surface area contributed by atoms with Gasteiger partial charge < -0.3 is 14.5 Å². The van der Waals surface area contributed by atoms with E-state index >= 15 is 0 Å². The van der Waals surface area contributed by atoms with E-state index in [0.29, 0.717) is 6.61 Å². The van der Waals surface area contributed by atoms with Crippen LogP contribution in [-0.2, 0) is 14.0 Å². The quantitative estimate of drug-likeness (QED) is 0.422. The van der Waals surface area contributed by atoms with E-state index in [1.54, 1.807) is 0 Å². The zero-order valence-corrected chi connectivity index (χ0v) is 15.8. The highest BCUT2D eigenvalue weighted by Crippen LogP contribution is 2.39. The molecule has 1 rings (SSSR count). The van der Waals surface area contributed by atoms with Gasteiger partial charge >= 0.3 is 0 Å². The second kappa shape index (κ2) is 7.25. The van der Waals surface area contributed by atoms with E-state index in [1.807, 2.05) is 6.92 Å². The Labute approximate surface area is 131 Å². The minimum absolute atomic E-state index is 0.0571. The molecule has 0 saturated carbocycles. The minimum atomic E-state index is -1.85. The first-order chi connectivity index (χ1) is 9.60. The van der Waals surface area contributed by atoms with Crippen LogP contribution in [0.3, 0.4) is 0 Å². The number of carbonyl (C=O) groups is 1. The number of nitrogens with one attached hydrogen (secondary N) is 1. The van der Waals surface area contributed by atoms with Crippen molar-refractivity contribution >= 4 is 14.2 Å². The normalized spacial score (nSPS) is 24.4. The van der Waals surface area contributed by atoms with Crippen molar-refractivity contribution in [2.75, 3.05) is 6.61 Å². The van der Waals surface area contributed by atoms with Crippen LogP contribution in [0.15, 0.2) is 0 Å². The Morgan fingerprint density at radius 3 is 2.38 bits per heavy atom. The van der Waals surface area contributed by atoms with Gasteiger partial charge in [0, 0.05) is 6.61 Å². The summed E-state index contributed by atoms with van der Waals surface area (Å²) in [5.41, 5.74) is 0. The SMILES string of the molecule is CCCCCO[C@H]1NC(=O)[C@@H]1[C@@H](C)O[Si](C)(C)C(C)(C)C. The number of amides is 1. The zero-order chi connectivity index (χ0) is 16.3. The van der Waals surface area contributed by atoms with Crippen molar-refractivity contribution in [2.45, 2.75) is 84.3 Å². The van der Waals surface area contributed by atoms with Gasteiger partial charge in [-0.05, 0) is 31.5 Å². The molecule has 21 heavy (non-hydrogen) atoms. The molecule has 0 radical (unpaired) electrons. The summed E-state index contributed by atoms with van der Waals surface area (Å²) in [4.78, 5) is 11.9. The lowest BCUT2D eigenvalue weighted by Crippen LogP contribution is -2.64. The monoisotopic (exact) mass is 315 g/mol. The van der Waals surface area contributed by atoms with E-state index in [4.69, 9.17) is 9.16 Å². The molecule has 1 heterocycles. The first kappa shape index (κ1) is 18.7. The van der Waals surface area contributed by atoms with Crippen molar-refractivity contribution in [3.8, 4) is 0 Å². The van der Waals surface area contributed by atoms with Crippen LogP contribution < -0.4 is 5.32 Å². The van der Waals surface area contributed by atoms with Crippen LogP contribution in [0, 0.1) is 5.92 Å². The molecule has 0 unspecified atom stereocenters. The van der Waals surface area contributed by atoms with Gasteiger partial charge in [-0.15, -0.1) is 0 Å². The van der Waals surface area contributed by atoms with E-state index < -0.39 is 8.32 Å². The molecule has 1 amide bonds. The van der Waals surface area contributed by atoms with Crippen LogP contribution in [0.1, 0.15) is 53.9 Å². The first-order valence-electron chi connectivity index (χ1n) is 8.20. The highest BCUT2D eigenvalue weighted by atomic mass is 28.4. The maximum absolute atomic E-state index is 11.9. The third-order valence-electron chi connectivity index (χ3n) is 4.75. The topological polar surface area (TPSA) is 47.6 Å². The Balaban J connectivity index is 2.51. The molecular weight excluding hydrogens is 282 g/mol. The van der Waals surface area contributed by atoms with E-state index in [-0.39, 0.29) is 29.2 Å². The summed E-state index contributed by atoms with van der Waals surface area (Å²) in [5, 5.41) is 3.00. The predicted molar refractivity (Wildman–Crippen MR) is 88.6 cm³/mol. The highest BCUT2D eigenvalue weighted by Gasteiger charge is 2.48. The fourth-order valence-electron chi connectivity index (χ4n) is 2.25. The van der Waals surface area contributed by atoms with Gasteiger partial charge in [0.15, 0.2) is 8.32 Å². The molecule has 1 aliphatic rings. The predicted octanol–water partition coefficient (Wildman–Crippen LogP) is 3.68. The summed E-state index contributed by atoms with van der Waals surface area (Å²) in [6.45, 7) is 16.0. The fraction of sp³-hybridized carbons (Fsp3) is 0.938. The molecule has 124 valence electrons. The Morgan fingerprint density at radius 1 is 1.29 bits per heavy atom. The molecule has 0 bridgehead atoms. The summed E-state index contributed by atoms with van der Waals surface area (Å²) in [5.74, 6) is -0.109. The molecule has 0 aliphatic carbocycles. The molecule has 1 N–H and O–H groups in total. The Kier molecular flexibility index (Phi) is 6.44. The second-order valence-corrected chi connectivity index (χ2v) is 12.4.